The minimum Gasteiger partial charge on any atom is -0.550 e. The van der Waals surface area contributed by atoms with Gasteiger partial charge in [0, 0.05) is 11.5 Å². The molecule has 1 aromatic carbocycles. The Morgan fingerprint density at radius 3 is 1.70 bits per heavy atom. The molecule has 0 aliphatic rings. The maximum Gasteiger partial charge on any atom is 0.104 e. The molecule has 0 aromatic heterocycles. The lowest BCUT2D eigenvalue weighted by Crippen LogP contribution is -2.33. The van der Waals surface area contributed by atoms with Crippen LogP contribution in [0.3, 0.4) is 0 Å². The highest BCUT2D eigenvalue weighted by molar-refractivity contribution is 5.64. The highest BCUT2D eigenvalue weighted by Crippen LogP contribution is 2.05. The Labute approximate surface area is 203 Å². The number of carbonyl (C=O) groups excluding carboxylic acids is 1. The van der Waals surface area contributed by atoms with Gasteiger partial charge in [-0.1, -0.05) is 98.7 Å². The monoisotopic (exact) mass is 453 g/mol. The normalized spacial score (nSPS) is 12.1. The first-order valence-electron chi connectivity index (χ1n) is 12.5. The number of unbranched alkanes of at least 4 members (excludes halogenated alkanes) is 4. The van der Waals surface area contributed by atoms with Gasteiger partial charge in [0.2, 0.25) is 0 Å². The smallest absolute Gasteiger partial charge is 0.104 e. The van der Waals surface area contributed by atoms with Crippen LogP contribution in [0.2, 0.25) is 0 Å². The fourth-order valence-electron chi connectivity index (χ4n) is 3.06. The zero-order valence-corrected chi connectivity index (χ0v) is 21.5. The van der Waals surface area contributed by atoms with Crippen LogP contribution in [-0.2, 0) is 11.3 Å². The Bertz CT molecular complexity index is 694. The standard InChI is InChI=1S/C20H32O2.C10H16N/c1-2-3-4-5-6-7-8-9-10-11-12-13-14-15-16-17-18-19-20(21)22;1-11(2,3)9-10-7-5-4-6-8-10/h6-7,9-10,12-13,15-16H,2-5,8,11,14,17-19H2,1H3,(H,21,22);4-8H,9H2,1-3H3/q;+1/p-1. The second-order valence-corrected chi connectivity index (χ2v) is 9.29. The van der Waals surface area contributed by atoms with Gasteiger partial charge < -0.3 is 14.4 Å². The molecule has 0 unspecified atom stereocenters. The van der Waals surface area contributed by atoms with Crippen LogP contribution in [0.5, 0.6) is 0 Å². The molecule has 0 heterocycles. The summed E-state index contributed by atoms with van der Waals surface area (Å²) in [6.45, 7) is 3.33. The second kappa shape index (κ2) is 21.5. The number of benzene rings is 1. The molecule has 184 valence electrons. The van der Waals surface area contributed by atoms with Crippen molar-refractivity contribution >= 4 is 5.97 Å². The third-order valence-corrected chi connectivity index (χ3v) is 4.71. The van der Waals surface area contributed by atoms with E-state index in [1.165, 1.54) is 31.2 Å². The Morgan fingerprint density at radius 2 is 1.24 bits per heavy atom. The van der Waals surface area contributed by atoms with Crippen LogP contribution >= 0.6 is 0 Å². The number of carbonyl (C=O) groups is 1. The first-order chi connectivity index (χ1) is 15.8. The number of hydrogen-bond donors (Lipinski definition) is 0. The SMILES string of the molecule is CCCCCC=CCC=CCC=CCC=CCCCC(=O)[O-].C[N+](C)(C)Cc1ccccc1. The van der Waals surface area contributed by atoms with Crippen LogP contribution in [0, 0.1) is 0 Å². The van der Waals surface area contributed by atoms with Crippen LogP contribution in [-0.4, -0.2) is 31.6 Å². The van der Waals surface area contributed by atoms with Gasteiger partial charge in [0.1, 0.15) is 6.54 Å². The van der Waals surface area contributed by atoms with Crippen molar-refractivity contribution in [3.63, 3.8) is 0 Å². The Balaban J connectivity index is 0.000000771. The summed E-state index contributed by atoms with van der Waals surface area (Å²) in [5, 5.41) is 10.2. The maximum absolute atomic E-state index is 10.2. The molecular formula is C30H47NO2. The van der Waals surface area contributed by atoms with E-state index in [2.05, 4.69) is 101 Å². The van der Waals surface area contributed by atoms with E-state index in [1.54, 1.807) is 0 Å². The average molecular weight is 454 g/mol. The van der Waals surface area contributed by atoms with Crippen molar-refractivity contribution in [2.45, 2.75) is 77.7 Å². The number of quaternary nitrogens is 1. The van der Waals surface area contributed by atoms with E-state index in [-0.39, 0.29) is 6.42 Å². The molecule has 0 aliphatic heterocycles. The van der Waals surface area contributed by atoms with Crippen molar-refractivity contribution in [3.05, 3.63) is 84.5 Å². The van der Waals surface area contributed by atoms with E-state index in [9.17, 15) is 9.90 Å². The number of carboxylic acids is 1. The minimum absolute atomic E-state index is 0.151. The average Bonchev–Trinajstić information content (AvgIpc) is 2.76. The lowest BCUT2D eigenvalue weighted by Gasteiger charge is -2.23. The molecule has 0 saturated heterocycles. The van der Waals surface area contributed by atoms with Crippen molar-refractivity contribution in [3.8, 4) is 0 Å². The Hall–Kier alpha value is -2.39. The highest BCUT2D eigenvalue weighted by Gasteiger charge is 2.06. The molecule has 0 radical (unpaired) electrons. The molecule has 3 nitrogen and oxygen atoms in total. The lowest BCUT2D eigenvalue weighted by molar-refractivity contribution is -0.884. The van der Waals surface area contributed by atoms with E-state index >= 15 is 0 Å². The van der Waals surface area contributed by atoms with Gasteiger partial charge in [0.05, 0.1) is 21.1 Å². The van der Waals surface area contributed by atoms with E-state index in [1.807, 2.05) is 6.08 Å². The molecule has 0 aliphatic carbocycles. The molecule has 0 atom stereocenters. The lowest BCUT2D eigenvalue weighted by atomic mass is 10.2. The summed E-state index contributed by atoms with van der Waals surface area (Å²) < 4.78 is 0.990. The summed E-state index contributed by atoms with van der Waals surface area (Å²) >= 11 is 0. The molecule has 0 amide bonds. The van der Waals surface area contributed by atoms with E-state index in [4.69, 9.17) is 0 Å². The second-order valence-electron chi connectivity index (χ2n) is 9.29. The molecule has 33 heavy (non-hydrogen) atoms. The predicted molar refractivity (Wildman–Crippen MR) is 142 cm³/mol. The molecule has 0 spiro atoms. The molecule has 0 bridgehead atoms. The van der Waals surface area contributed by atoms with Crippen LogP contribution in [0.25, 0.3) is 0 Å². The Morgan fingerprint density at radius 1 is 0.758 bits per heavy atom. The van der Waals surface area contributed by atoms with Gasteiger partial charge in [-0.3, -0.25) is 0 Å². The summed E-state index contributed by atoms with van der Waals surface area (Å²) in [7, 11) is 6.60. The van der Waals surface area contributed by atoms with E-state index < -0.39 is 5.97 Å². The maximum atomic E-state index is 10.2. The van der Waals surface area contributed by atoms with Crippen LogP contribution < -0.4 is 5.11 Å². The third kappa shape index (κ3) is 25.7. The van der Waals surface area contributed by atoms with Crippen LogP contribution in [0.15, 0.2) is 78.9 Å². The topological polar surface area (TPSA) is 40.1 Å². The zero-order valence-electron chi connectivity index (χ0n) is 21.5. The van der Waals surface area contributed by atoms with Gasteiger partial charge >= 0.3 is 0 Å². The minimum atomic E-state index is -0.962. The highest BCUT2D eigenvalue weighted by atomic mass is 16.4. The van der Waals surface area contributed by atoms with E-state index in [0.29, 0.717) is 6.42 Å². The summed E-state index contributed by atoms with van der Waals surface area (Å²) in [5.41, 5.74) is 1.40. The van der Waals surface area contributed by atoms with Gasteiger partial charge in [0.15, 0.2) is 0 Å². The van der Waals surface area contributed by atoms with Crippen molar-refractivity contribution in [1.82, 2.24) is 0 Å². The predicted octanol–water partition coefficient (Wildman–Crippen LogP) is 6.77. The number of allylic oxidation sites excluding steroid dienone is 8. The van der Waals surface area contributed by atoms with Gasteiger partial charge in [-0.25, -0.2) is 0 Å². The zero-order chi connectivity index (χ0) is 24.6. The van der Waals surface area contributed by atoms with Gasteiger partial charge in [-0.15, -0.1) is 0 Å². The number of aliphatic carboxylic acids is 1. The number of nitrogens with zero attached hydrogens (tertiary/aromatic N) is 1. The van der Waals surface area contributed by atoms with Gasteiger partial charge in [-0.05, 0) is 51.4 Å². The fourth-order valence-corrected chi connectivity index (χ4v) is 3.06. The molecule has 0 saturated carbocycles. The number of hydrogen-bond acceptors (Lipinski definition) is 2. The fraction of sp³-hybridized carbons (Fsp3) is 0.500. The van der Waals surface area contributed by atoms with Gasteiger partial charge in [-0.2, -0.15) is 0 Å². The molecule has 3 heteroatoms. The molecule has 1 aromatic rings. The summed E-state index contributed by atoms with van der Waals surface area (Å²) in [6, 6.07) is 10.6. The van der Waals surface area contributed by atoms with Gasteiger partial charge in [0.25, 0.3) is 0 Å². The third-order valence-electron chi connectivity index (χ3n) is 4.71. The van der Waals surface area contributed by atoms with Crippen molar-refractivity contribution in [2.24, 2.45) is 0 Å². The largest absolute Gasteiger partial charge is 0.550 e. The summed E-state index contributed by atoms with van der Waals surface area (Å²) in [6.07, 6.45) is 27.0. The quantitative estimate of drug-likeness (QED) is 0.157. The molecular weight excluding hydrogens is 406 g/mol. The van der Waals surface area contributed by atoms with Crippen LogP contribution in [0.1, 0.15) is 76.7 Å². The first-order valence-corrected chi connectivity index (χ1v) is 12.5. The van der Waals surface area contributed by atoms with Crippen LogP contribution in [0.4, 0.5) is 0 Å². The summed E-state index contributed by atoms with van der Waals surface area (Å²) in [4.78, 5) is 10.2. The summed E-state index contributed by atoms with van der Waals surface area (Å²) in [5.74, 6) is -0.962. The molecule has 1 rings (SSSR count). The van der Waals surface area contributed by atoms with E-state index in [0.717, 1.165) is 36.7 Å². The molecule has 0 N–H and O–H groups in total. The van der Waals surface area contributed by atoms with Crippen molar-refractivity contribution in [2.75, 3.05) is 21.1 Å². The molecule has 0 fully saturated rings. The number of carboxylic acid groups (broad SMARTS) is 1. The van der Waals surface area contributed by atoms with Crippen molar-refractivity contribution < 1.29 is 14.4 Å². The number of rotatable bonds is 16. The Kier molecular flexibility index (Phi) is 19.9. The van der Waals surface area contributed by atoms with Crippen molar-refractivity contribution in [1.29, 1.82) is 0 Å². The first kappa shape index (κ1) is 30.6.